The number of carbonyl (C=O) groups excluding carboxylic acids is 4. The zero-order valence-corrected chi connectivity index (χ0v) is 27.5. The first-order valence-corrected chi connectivity index (χ1v) is 16.5. The van der Waals surface area contributed by atoms with Gasteiger partial charge < -0.3 is 4.79 Å². The molecule has 4 nitrogen and oxygen atoms in total. The summed E-state index contributed by atoms with van der Waals surface area (Å²) in [7, 11) is 0. The zero-order chi connectivity index (χ0) is 30.7. The van der Waals surface area contributed by atoms with Crippen molar-refractivity contribution in [3.8, 4) is 0 Å². The van der Waals surface area contributed by atoms with Crippen LogP contribution in [0.5, 0.6) is 0 Å². The van der Waals surface area contributed by atoms with Gasteiger partial charge in [0, 0.05) is 30.7 Å². The molecule has 0 aliphatic heterocycles. The molecule has 0 bridgehead atoms. The summed E-state index contributed by atoms with van der Waals surface area (Å²) in [4.78, 5) is 49.1. The Balaban J connectivity index is 0.00000108. The summed E-state index contributed by atoms with van der Waals surface area (Å²) in [5.41, 5.74) is 4.55. The number of Topliss-reactive ketones (excluding diaryl/α,β-unsaturated/α-hetero) is 4. The molecule has 1 aromatic rings. The zero-order valence-electron chi connectivity index (χ0n) is 27.5. The van der Waals surface area contributed by atoms with Crippen LogP contribution in [0.15, 0.2) is 12.1 Å². The van der Waals surface area contributed by atoms with Crippen LogP contribution in [0.25, 0.3) is 0 Å². The van der Waals surface area contributed by atoms with Crippen molar-refractivity contribution < 1.29 is 19.2 Å². The highest BCUT2D eigenvalue weighted by Gasteiger charge is 2.34. The van der Waals surface area contributed by atoms with E-state index in [2.05, 4.69) is 53.7 Å². The van der Waals surface area contributed by atoms with Crippen LogP contribution in [-0.4, -0.2) is 23.1 Å². The summed E-state index contributed by atoms with van der Waals surface area (Å²) >= 11 is 0. The van der Waals surface area contributed by atoms with E-state index in [1.54, 1.807) is 6.92 Å². The second-order valence-corrected chi connectivity index (χ2v) is 13.9. The molecule has 230 valence electrons. The summed E-state index contributed by atoms with van der Waals surface area (Å²) in [5, 5.41) is 0. The van der Waals surface area contributed by atoms with Crippen LogP contribution >= 0.6 is 0 Å². The monoisotopic (exact) mass is 566 g/mol. The minimum Gasteiger partial charge on any atom is -0.300 e. The maximum Gasteiger partial charge on any atom is 0.163 e. The van der Waals surface area contributed by atoms with Gasteiger partial charge in [-0.3, -0.25) is 14.4 Å². The smallest absolute Gasteiger partial charge is 0.163 e. The second-order valence-electron chi connectivity index (χ2n) is 13.9. The predicted molar refractivity (Wildman–Crippen MR) is 170 cm³/mol. The molecule has 4 heteroatoms. The van der Waals surface area contributed by atoms with Gasteiger partial charge in [0.1, 0.15) is 17.3 Å². The Bertz CT molecular complexity index is 1040. The van der Waals surface area contributed by atoms with Gasteiger partial charge in [0.05, 0.1) is 6.42 Å². The van der Waals surface area contributed by atoms with Gasteiger partial charge in [-0.1, -0.05) is 92.2 Å². The van der Waals surface area contributed by atoms with Crippen molar-refractivity contribution in [1.82, 2.24) is 0 Å². The Morgan fingerprint density at radius 2 is 1.61 bits per heavy atom. The lowest BCUT2D eigenvalue weighted by molar-refractivity contribution is -0.131. The van der Waals surface area contributed by atoms with Gasteiger partial charge in [-0.15, -0.1) is 0 Å². The van der Waals surface area contributed by atoms with E-state index < -0.39 is 0 Å². The van der Waals surface area contributed by atoms with Crippen molar-refractivity contribution in [2.75, 3.05) is 0 Å². The number of fused-ring (bicyclic) bond motifs is 1. The topological polar surface area (TPSA) is 68.3 Å². The van der Waals surface area contributed by atoms with Crippen molar-refractivity contribution in [2.45, 2.75) is 151 Å². The first kappa shape index (κ1) is 35.1. The number of hydrogen-bond donors (Lipinski definition) is 0. The van der Waals surface area contributed by atoms with Crippen molar-refractivity contribution in [2.24, 2.45) is 23.7 Å². The van der Waals surface area contributed by atoms with E-state index in [1.165, 1.54) is 36.8 Å². The highest BCUT2D eigenvalue weighted by Crippen LogP contribution is 2.39. The second kappa shape index (κ2) is 16.5. The van der Waals surface area contributed by atoms with E-state index in [9.17, 15) is 19.2 Å². The normalized spacial score (nSPS) is 18.7. The molecule has 3 rings (SSSR count). The SMILES string of the molecule is CCC(C)=O.CCCC(CC1CC(=O)c2c(ccc(C(C)(C)C)c2C)C1)C(CC)C(=O)CC(=O)CCC1CCCC1. The van der Waals surface area contributed by atoms with Crippen molar-refractivity contribution in [3.63, 3.8) is 0 Å². The fourth-order valence-corrected chi connectivity index (χ4v) is 7.24. The molecule has 0 aromatic heterocycles. The van der Waals surface area contributed by atoms with Crippen LogP contribution in [0.1, 0.15) is 159 Å². The predicted octanol–water partition coefficient (Wildman–Crippen LogP) is 9.35. The molecule has 0 radical (unpaired) electrons. The highest BCUT2D eigenvalue weighted by molar-refractivity contribution is 6.01. The summed E-state index contributed by atoms with van der Waals surface area (Å²) in [6.07, 6.45) is 12.6. The Morgan fingerprint density at radius 1 is 0.976 bits per heavy atom. The lowest BCUT2D eigenvalue weighted by atomic mass is 9.71. The molecule has 3 atom stereocenters. The van der Waals surface area contributed by atoms with E-state index in [0.717, 1.165) is 49.7 Å². The third-order valence-electron chi connectivity index (χ3n) is 9.51. The van der Waals surface area contributed by atoms with Crippen molar-refractivity contribution in [1.29, 1.82) is 0 Å². The lowest BCUT2D eigenvalue weighted by Gasteiger charge is -2.33. The molecular weight excluding hydrogens is 508 g/mol. The van der Waals surface area contributed by atoms with Crippen molar-refractivity contribution in [3.05, 3.63) is 34.4 Å². The van der Waals surface area contributed by atoms with Crippen LogP contribution in [0.4, 0.5) is 0 Å². The van der Waals surface area contributed by atoms with E-state index >= 15 is 0 Å². The van der Waals surface area contributed by atoms with Gasteiger partial charge in [0.2, 0.25) is 0 Å². The average Bonchev–Trinajstić information content (AvgIpc) is 3.41. The largest absolute Gasteiger partial charge is 0.300 e. The van der Waals surface area contributed by atoms with E-state index in [1.807, 2.05) is 6.92 Å². The molecule has 2 aliphatic rings. The minimum absolute atomic E-state index is 0.0196. The quantitative estimate of drug-likeness (QED) is 0.223. The molecule has 1 saturated carbocycles. The molecule has 0 saturated heterocycles. The first-order chi connectivity index (χ1) is 19.3. The first-order valence-electron chi connectivity index (χ1n) is 16.5. The molecule has 1 aromatic carbocycles. The molecule has 3 unspecified atom stereocenters. The van der Waals surface area contributed by atoms with Crippen LogP contribution < -0.4 is 0 Å². The van der Waals surface area contributed by atoms with E-state index in [0.29, 0.717) is 25.2 Å². The Morgan fingerprint density at radius 3 is 2.15 bits per heavy atom. The molecule has 0 spiro atoms. The molecule has 1 fully saturated rings. The summed E-state index contributed by atoms with van der Waals surface area (Å²) in [6.45, 7) is 16.4. The molecule has 41 heavy (non-hydrogen) atoms. The van der Waals surface area contributed by atoms with E-state index in [-0.39, 0.29) is 52.7 Å². The number of ketones is 4. The molecule has 0 heterocycles. The lowest BCUT2D eigenvalue weighted by Crippen LogP contribution is -2.30. The number of benzene rings is 1. The Labute approximate surface area is 250 Å². The average molecular weight is 567 g/mol. The van der Waals surface area contributed by atoms with Gasteiger partial charge >= 0.3 is 0 Å². The maximum absolute atomic E-state index is 13.3. The van der Waals surface area contributed by atoms with Gasteiger partial charge in [-0.25, -0.2) is 0 Å². The molecule has 2 aliphatic carbocycles. The van der Waals surface area contributed by atoms with Gasteiger partial charge in [0.15, 0.2) is 5.78 Å². The summed E-state index contributed by atoms with van der Waals surface area (Å²) in [6, 6.07) is 4.39. The van der Waals surface area contributed by atoms with E-state index in [4.69, 9.17) is 0 Å². The summed E-state index contributed by atoms with van der Waals surface area (Å²) in [5.74, 6) is 1.95. The molecule has 0 amide bonds. The number of hydrogen-bond acceptors (Lipinski definition) is 4. The Hall–Kier alpha value is -2.10. The maximum atomic E-state index is 13.3. The molecule has 0 N–H and O–H groups in total. The van der Waals surface area contributed by atoms with Gasteiger partial charge in [-0.2, -0.15) is 0 Å². The van der Waals surface area contributed by atoms with Crippen LogP contribution in [-0.2, 0) is 26.2 Å². The third kappa shape index (κ3) is 10.6. The molecular formula is C37H58O4. The van der Waals surface area contributed by atoms with Crippen LogP contribution in [0.3, 0.4) is 0 Å². The van der Waals surface area contributed by atoms with Crippen molar-refractivity contribution >= 4 is 23.1 Å². The van der Waals surface area contributed by atoms with Crippen LogP contribution in [0.2, 0.25) is 0 Å². The fourth-order valence-electron chi connectivity index (χ4n) is 7.24. The van der Waals surface area contributed by atoms with Gasteiger partial charge in [-0.05, 0) is 79.4 Å². The summed E-state index contributed by atoms with van der Waals surface area (Å²) < 4.78 is 0. The Kier molecular flexibility index (Phi) is 14.1. The number of carbonyl (C=O) groups is 4. The standard InChI is InChI=1S/C33H50O3.C4H8O/c1-7-11-25(28(8-2)30(35)21-27(34)16-14-23-12-9-10-13-23)18-24-19-26-15-17-29(33(4,5)6)22(3)32(26)31(36)20-24;1-3-4(2)5/h15,17,23-25,28H,7-14,16,18-21H2,1-6H3;3H2,1-2H3. The fraction of sp³-hybridized carbons (Fsp3) is 0.730. The minimum atomic E-state index is -0.0677. The number of rotatable bonds is 13. The third-order valence-corrected chi connectivity index (χ3v) is 9.51. The van der Waals surface area contributed by atoms with Gasteiger partial charge in [0.25, 0.3) is 0 Å². The highest BCUT2D eigenvalue weighted by atomic mass is 16.1. The van der Waals surface area contributed by atoms with Crippen LogP contribution in [0, 0.1) is 30.6 Å².